The van der Waals surface area contributed by atoms with Gasteiger partial charge in [0.25, 0.3) is 0 Å². The Hall–Kier alpha value is -1.16. The van der Waals surface area contributed by atoms with Crippen LogP contribution in [0.2, 0.25) is 0 Å². The summed E-state index contributed by atoms with van der Waals surface area (Å²) < 4.78 is 5.63. The maximum Gasteiger partial charge on any atom is 0.191 e. The first-order valence-electron chi connectivity index (χ1n) is 9.98. The van der Waals surface area contributed by atoms with Gasteiger partial charge in [-0.15, -0.1) is 35.3 Å². The van der Waals surface area contributed by atoms with Crippen molar-refractivity contribution in [3.8, 4) is 0 Å². The van der Waals surface area contributed by atoms with Crippen LogP contribution in [0.5, 0.6) is 0 Å². The van der Waals surface area contributed by atoms with Crippen molar-refractivity contribution in [2.45, 2.75) is 37.7 Å². The monoisotopic (exact) mass is 529 g/mol. The number of hydrogen-bond acceptors (Lipinski definition) is 4. The molecule has 0 radical (unpaired) electrons. The average Bonchev–Trinajstić information content (AvgIpc) is 3.27. The molecule has 0 spiro atoms. The summed E-state index contributed by atoms with van der Waals surface area (Å²) in [6, 6.07) is 14.6. The van der Waals surface area contributed by atoms with E-state index in [1.807, 2.05) is 24.4 Å². The maximum atomic E-state index is 10.8. The molecule has 2 heterocycles. The van der Waals surface area contributed by atoms with Crippen molar-refractivity contribution < 1.29 is 9.84 Å². The van der Waals surface area contributed by atoms with Gasteiger partial charge in [0.05, 0.1) is 6.54 Å². The summed E-state index contributed by atoms with van der Waals surface area (Å²) in [5.74, 6) is 0.737. The Labute approximate surface area is 195 Å². The van der Waals surface area contributed by atoms with Crippen LogP contribution in [0.4, 0.5) is 0 Å². The number of ether oxygens (including phenoxy) is 1. The van der Waals surface area contributed by atoms with Gasteiger partial charge in [0.15, 0.2) is 5.96 Å². The minimum absolute atomic E-state index is 0. The Morgan fingerprint density at radius 1 is 1.17 bits per heavy atom. The molecule has 1 atom stereocenters. The molecule has 1 aromatic heterocycles. The molecule has 0 bridgehead atoms. The fourth-order valence-corrected chi connectivity index (χ4v) is 4.39. The number of nitrogens with zero attached hydrogens (tertiary/aromatic N) is 1. The van der Waals surface area contributed by atoms with Crippen LogP contribution in [0.1, 0.15) is 37.1 Å². The Morgan fingerprint density at radius 3 is 2.52 bits per heavy atom. The van der Waals surface area contributed by atoms with Crippen molar-refractivity contribution >= 4 is 41.3 Å². The smallest absolute Gasteiger partial charge is 0.191 e. The molecule has 5 nitrogen and oxygen atoms in total. The molecule has 2 aromatic rings. The largest absolute Gasteiger partial charge is 0.383 e. The van der Waals surface area contributed by atoms with Gasteiger partial charge in [-0.25, -0.2) is 4.99 Å². The highest BCUT2D eigenvalue weighted by Gasteiger charge is 2.34. The molecule has 0 aliphatic carbocycles. The van der Waals surface area contributed by atoms with Crippen molar-refractivity contribution in [3.05, 3.63) is 58.3 Å². The second kappa shape index (κ2) is 11.3. The zero-order valence-corrected chi connectivity index (χ0v) is 20.3. The molecule has 3 N–H and O–H groups in total. The summed E-state index contributed by atoms with van der Waals surface area (Å²) in [7, 11) is 0. The van der Waals surface area contributed by atoms with E-state index < -0.39 is 5.60 Å². The van der Waals surface area contributed by atoms with Gasteiger partial charge in [-0.2, -0.15) is 0 Å². The summed E-state index contributed by atoms with van der Waals surface area (Å²) in [6.07, 6.45) is 1.96. The Morgan fingerprint density at radius 2 is 1.90 bits per heavy atom. The summed E-state index contributed by atoms with van der Waals surface area (Å²) in [4.78, 5) is 5.60. The second-order valence-electron chi connectivity index (χ2n) is 7.56. The van der Waals surface area contributed by atoms with E-state index in [1.54, 1.807) is 11.3 Å². The second-order valence-corrected chi connectivity index (χ2v) is 8.51. The van der Waals surface area contributed by atoms with E-state index in [2.05, 4.69) is 52.9 Å². The molecule has 1 aromatic carbocycles. The number of aliphatic imine (C=N–C) groups is 1. The molecule has 0 saturated carbocycles. The highest BCUT2D eigenvalue weighted by molar-refractivity contribution is 14.0. The molecule has 29 heavy (non-hydrogen) atoms. The number of aliphatic hydroxyl groups is 1. The van der Waals surface area contributed by atoms with E-state index in [4.69, 9.17) is 4.74 Å². The highest BCUT2D eigenvalue weighted by Crippen LogP contribution is 2.34. The van der Waals surface area contributed by atoms with E-state index in [9.17, 15) is 5.11 Å². The van der Waals surface area contributed by atoms with Crippen LogP contribution < -0.4 is 10.6 Å². The standard InChI is InChI=1S/C22H31N3O2S.HI/c1-3-23-20(24-16-21(2,26)19-10-7-15-28-19)25-17-22(11-13-27-14-12-22)18-8-5-4-6-9-18;/h4-10,15,26H,3,11-14,16-17H2,1-2H3,(H2,23,24,25);1H. The third kappa shape index (κ3) is 6.41. The summed E-state index contributed by atoms with van der Waals surface area (Å²) in [5.41, 5.74) is 0.408. The van der Waals surface area contributed by atoms with Crippen molar-refractivity contribution in [1.82, 2.24) is 10.6 Å². The fraction of sp³-hybridized carbons (Fsp3) is 0.500. The predicted octanol–water partition coefficient (Wildman–Crippen LogP) is 3.88. The number of guanidine groups is 1. The first-order valence-corrected chi connectivity index (χ1v) is 10.9. The number of nitrogens with one attached hydrogen (secondary N) is 2. The van der Waals surface area contributed by atoms with E-state index in [-0.39, 0.29) is 29.4 Å². The van der Waals surface area contributed by atoms with Crippen molar-refractivity contribution in [2.24, 2.45) is 4.99 Å². The minimum atomic E-state index is -0.966. The Balaban J connectivity index is 0.00000300. The van der Waals surface area contributed by atoms with Crippen LogP contribution in [0, 0.1) is 0 Å². The van der Waals surface area contributed by atoms with Gasteiger partial charge in [0.2, 0.25) is 0 Å². The molecule has 160 valence electrons. The molecule has 3 rings (SSSR count). The summed E-state index contributed by atoms with van der Waals surface area (Å²) in [6.45, 7) is 7.28. The molecule has 1 fully saturated rings. The van der Waals surface area contributed by atoms with Crippen LogP contribution in [0.25, 0.3) is 0 Å². The van der Waals surface area contributed by atoms with Gasteiger partial charge >= 0.3 is 0 Å². The zero-order valence-electron chi connectivity index (χ0n) is 17.2. The molecule has 1 aliphatic rings. The third-order valence-electron chi connectivity index (χ3n) is 5.37. The normalized spacial score (nSPS) is 18.4. The maximum absolute atomic E-state index is 10.8. The van der Waals surface area contributed by atoms with Gasteiger partial charge in [-0.05, 0) is 43.7 Å². The summed E-state index contributed by atoms with van der Waals surface area (Å²) in [5, 5.41) is 19.6. The average molecular weight is 529 g/mol. The van der Waals surface area contributed by atoms with Gasteiger partial charge in [-0.3, -0.25) is 0 Å². The highest BCUT2D eigenvalue weighted by atomic mass is 127. The van der Waals surface area contributed by atoms with Crippen molar-refractivity contribution in [2.75, 3.05) is 32.8 Å². The van der Waals surface area contributed by atoms with Crippen LogP contribution in [-0.4, -0.2) is 43.9 Å². The van der Waals surface area contributed by atoms with Crippen LogP contribution in [-0.2, 0) is 15.8 Å². The van der Waals surface area contributed by atoms with Crippen LogP contribution in [0.3, 0.4) is 0 Å². The first kappa shape index (κ1) is 24.1. The molecular formula is C22H32IN3O2S. The number of benzene rings is 1. The Bertz CT molecular complexity index is 745. The van der Waals surface area contributed by atoms with E-state index in [0.29, 0.717) is 6.54 Å². The topological polar surface area (TPSA) is 65.9 Å². The number of rotatable bonds is 7. The lowest BCUT2D eigenvalue weighted by atomic mass is 9.74. The molecule has 1 unspecified atom stereocenters. The number of halogens is 1. The quantitative estimate of drug-likeness (QED) is 0.290. The zero-order chi connectivity index (χ0) is 19.9. The van der Waals surface area contributed by atoms with Crippen molar-refractivity contribution in [1.29, 1.82) is 0 Å². The third-order valence-corrected chi connectivity index (χ3v) is 6.49. The lowest BCUT2D eigenvalue weighted by molar-refractivity contribution is 0.0513. The predicted molar refractivity (Wildman–Crippen MR) is 131 cm³/mol. The number of hydrogen-bond donors (Lipinski definition) is 3. The van der Waals surface area contributed by atoms with Gasteiger partial charge < -0.3 is 20.5 Å². The van der Waals surface area contributed by atoms with E-state index >= 15 is 0 Å². The van der Waals surface area contributed by atoms with Crippen molar-refractivity contribution in [3.63, 3.8) is 0 Å². The van der Waals surface area contributed by atoms with Crippen LogP contribution in [0.15, 0.2) is 52.8 Å². The first-order chi connectivity index (χ1) is 13.6. The lowest BCUT2D eigenvalue weighted by Crippen LogP contribution is -2.48. The summed E-state index contributed by atoms with van der Waals surface area (Å²) >= 11 is 1.55. The molecule has 1 aliphatic heterocycles. The van der Waals surface area contributed by atoms with Crippen LogP contribution >= 0.6 is 35.3 Å². The SMILES string of the molecule is CCNC(=NCC(C)(O)c1cccs1)NCC1(c2ccccc2)CCOCC1.I. The van der Waals surface area contributed by atoms with Gasteiger partial charge in [0, 0.05) is 36.6 Å². The van der Waals surface area contributed by atoms with E-state index in [1.165, 1.54) is 5.56 Å². The molecule has 0 amide bonds. The van der Waals surface area contributed by atoms with Gasteiger partial charge in [0.1, 0.15) is 5.60 Å². The lowest BCUT2D eigenvalue weighted by Gasteiger charge is -2.38. The number of thiophene rings is 1. The molecular weight excluding hydrogens is 497 g/mol. The molecule has 7 heteroatoms. The Kier molecular flexibility index (Phi) is 9.39. The van der Waals surface area contributed by atoms with E-state index in [0.717, 1.165) is 50.0 Å². The minimum Gasteiger partial charge on any atom is -0.383 e. The fourth-order valence-electron chi connectivity index (χ4n) is 3.61. The molecule has 1 saturated heterocycles. The van der Waals surface area contributed by atoms with Gasteiger partial charge in [-0.1, -0.05) is 36.4 Å².